The van der Waals surface area contributed by atoms with Gasteiger partial charge in [0, 0.05) is 12.7 Å². The first-order valence-corrected chi connectivity index (χ1v) is 7.16. The summed E-state index contributed by atoms with van der Waals surface area (Å²) in [7, 11) is 2.13. The summed E-state index contributed by atoms with van der Waals surface area (Å²) in [6.07, 6.45) is 3.49. The van der Waals surface area contributed by atoms with E-state index in [1.54, 1.807) is 0 Å². The Morgan fingerprint density at radius 2 is 2.05 bits per heavy atom. The fourth-order valence-electron chi connectivity index (χ4n) is 1.74. The molecule has 0 aromatic carbocycles. The first-order valence-electron chi connectivity index (χ1n) is 7.16. The summed E-state index contributed by atoms with van der Waals surface area (Å²) in [5.41, 5.74) is 1.02. The molecule has 1 rings (SSSR count). The van der Waals surface area contributed by atoms with Gasteiger partial charge in [0.15, 0.2) is 0 Å². The molecule has 110 valence electrons. The van der Waals surface area contributed by atoms with Crippen molar-refractivity contribution in [2.45, 2.75) is 53.3 Å². The summed E-state index contributed by atoms with van der Waals surface area (Å²) < 4.78 is 7.36. The summed E-state index contributed by atoms with van der Waals surface area (Å²) >= 11 is 0. The Labute approximate surface area is 116 Å². The number of ether oxygens (including phenoxy) is 1. The SMILES string of the molecule is CC(C)CCN(C)Cc1cn(CCOC(C)C)nn1. The van der Waals surface area contributed by atoms with Gasteiger partial charge in [-0.25, -0.2) is 4.68 Å². The van der Waals surface area contributed by atoms with Crippen LogP contribution in [0.1, 0.15) is 39.8 Å². The molecule has 0 N–H and O–H groups in total. The zero-order chi connectivity index (χ0) is 14.3. The van der Waals surface area contributed by atoms with Gasteiger partial charge < -0.3 is 9.64 Å². The van der Waals surface area contributed by atoms with Gasteiger partial charge in [0.1, 0.15) is 0 Å². The molecule has 0 aliphatic rings. The van der Waals surface area contributed by atoms with E-state index in [2.05, 4.69) is 36.1 Å². The van der Waals surface area contributed by atoms with E-state index in [1.807, 2.05) is 24.7 Å². The molecule has 1 heterocycles. The summed E-state index contributed by atoms with van der Waals surface area (Å²) in [5, 5.41) is 8.32. The lowest BCUT2D eigenvalue weighted by Gasteiger charge is -2.15. The van der Waals surface area contributed by atoms with Crippen LogP contribution in [0, 0.1) is 5.92 Å². The van der Waals surface area contributed by atoms with Crippen LogP contribution in [0.15, 0.2) is 6.20 Å². The number of nitrogens with zero attached hydrogens (tertiary/aromatic N) is 4. The molecular weight excluding hydrogens is 240 g/mol. The Bertz CT molecular complexity index is 349. The minimum atomic E-state index is 0.269. The van der Waals surface area contributed by atoms with Gasteiger partial charge >= 0.3 is 0 Å². The van der Waals surface area contributed by atoms with E-state index in [-0.39, 0.29) is 6.10 Å². The molecule has 19 heavy (non-hydrogen) atoms. The molecule has 1 aromatic heterocycles. The summed E-state index contributed by atoms with van der Waals surface area (Å²) in [4.78, 5) is 2.29. The van der Waals surface area contributed by atoms with Gasteiger partial charge in [-0.05, 0) is 39.8 Å². The molecule has 0 bridgehead atoms. The van der Waals surface area contributed by atoms with E-state index >= 15 is 0 Å². The van der Waals surface area contributed by atoms with Gasteiger partial charge in [-0.2, -0.15) is 0 Å². The Morgan fingerprint density at radius 3 is 2.68 bits per heavy atom. The zero-order valence-corrected chi connectivity index (χ0v) is 13.0. The number of hydrogen-bond acceptors (Lipinski definition) is 4. The van der Waals surface area contributed by atoms with Gasteiger partial charge in [0.2, 0.25) is 0 Å². The maximum atomic E-state index is 5.50. The molecular formula is C14H28N4O. The van der Waals surface area contributed by atoms with E-state index in [9.17, 15) is 0 Å². The van der Waals surface area contributed by atoms with Crippen LogP contribution in [0.25, 0.3) is 0 Å². The summed E-state index contributed by atoms with van der Waals surface area (Å²) in [6, 6.07) is 0. The average Bonchev–Trinajstić information content (AvgIpc) is 2.73. The molecule has 0 aliphatic carbocycles. The molecule has 0 spiro atoms. The minimum Gasteiger partial charge on any atom is -0.377 e. The third-order valence-electron chi connectivity index (χ3n) is 2.88. The minimum absolute atomic E-state index is 0.269. The van der Waals surface area contributed by atoms with Crippen LogP contribution in [-0.4, -0.2) is 46.2 Å². The maximum Gasteiger partial charge on any atom is 0.0967 e. The lowest BCUT2D eigenvalue weighted by Crippen LogP contribution is -2.20. The van der Waals surface area contributed by atoms with Gasteiger partial charge in [0.25, 0.3) is 0 Å². The van der Waals surface area contributed by atoms with Gasteiger partial charge in [-0.15, -0.1) is 5.10 Å². The van der Waals surface area contributed by atoms with Crippen molar-refractivity contribution in [2.24, 2.45) is 5.92 Å². The second kappa shape index (κ2) is 8.27. The quantitative estimate of drug-likeness (QED) is 0.688. The standard InChI is InChI=1S/C14H28N4O/c1-12(2)6-7-17(5)10-14-11-18(16-15-14)8-9-19-13(3)4/h11-13H,6-10H2,1-5H3. The maximum absolute atomic E-state index is 5.50. The van der Waals surface area contributed by atoms with Gasteiger partial charge in [-0.3, -0.25) is 0 Å². The number of rotatable bonds is 9. The normalized spacial score (nSPS) is 12.0. The van der Waals surface area contributed by atoms with Crippen molar-refractivity contribution in [3.05, 3.63) is 11.9 Å². The second-order valence-corrected chi connectivity index (χ2v) is 5.81. The highest BCUT2D eigenvalue weighted by atomic mass is 16.5. The van der Waals surface area contributed by atoms with Crippen LogP contribution in [0.5, 0.6) is 0 Å². The van der Waals surface area contributed by atoms with E-state index in [0.717, 1.165) is 31.2 Å². The second-order valence-electron chi connectivity index (χ2n) is 5.81. The molecule has 0 amide bonds. The molecule has 0 saturated carbocycles. The fraction of sp³-hybridized carbons (Fsp3) is 0.857. The van der Waals surface area contributed by atoms with Crippen LogP contribution in [0.2, 0.25) is 0 Å². The smallest absolute Gasteiger partial charge is 0.0967 e. The van der Waals surface area contributed by atoms with Crippen molar-refractivity contribution >= 4 is 0 Å². The van der Waals surface area contributed by atoms with E-state index in [4.69, 9.17) is 4.74 Å². The molecule has 0 saturated heterocycles. The third-order valence-corrected chi connectivity index (χ3v) is 2.88. The highest BCUT2D eigenvalue weighted by Gasteiger charge is 2.06. The summed E-state index contributed by atoms with van der Waals surface area (Å²) in [6.45, 7) is 12.0. The lowest BCUT2D eigenvalue weighted by atomic mass is 10.1. The van der Waals surface area contributed by atoms with E-state index in [0.29, 0.717) is 6.61 Å². The monoisotopic (exact) mass is 268 g/mol. The van der Waals surface area contributed by atoms with Crippen molar-refractivity contribution < 1.29 is 4.74 Å². The molecule has 0 unspecified atom stereocenters. The predicted molar refractivity (Wildman–Crippen MR) is 76.9 cm³/mol. The van der Waals surface area contributed by atoms with E-state index < -0.39 is 0 Å². The molecule has 5 nitrogen and oxygen atoms in total. The van der Waals surface area contributed by atoms with Crippen LogP contribution in [0.3, 0.4) is 0 Å². The van der Waals surface area contributed by atoms with Crippen molar-refractivity contribution in [3.8, 4) is 0 Å². The summed E-state index contributed by atoms with van der Waals surface area (Å²) in [5.74, 6) is 0.742. The van der Waals surface area contributed by atoms with E-state index in [1.165, 1.54) is 6.42 Å². The Morgan fingerprint density at radius 1 is 1.32 bits per heavy atom. The van der Waals surface area contributed by atoms with Crippen molar-refractivity contribution in [1.29, 1.82) is 0 Å². The molecule has 5 heteroatoms. The fourth-order valence-corrected chi connectivity index (χ4v) is 1.74. The van der Waals surface area contributed by atoms with Crippen molar-refractivity contribution in [2.75, 3.05) is 20.2 Å². The highest BCUT2D eigenvalue weighted by Crippen LogP contribution is 2.04. The first-order chi connectivity index (χ1) is 8.97. The Balaban J connectivity index is 2.29. The molecule has 0 radical (unpaired) electrons. The van der Waals surface area contributed by atoms with Crippen molar-refractivity contribution in [1.82, 2.24) is 19.9 Å². The lowest BCUT2D eigenvalue weighted by molar-refractivity contribution is 0.0707. The molecule has 1 aromatic rings. The molecule has 0 aliphatic heterocycles. The molecule has 0 fully saturated rings. The topological polar surface area (TPSA) is 43.2 Å². The van der Waals surface area contributed by atoms with Gasteiger partial charge in [-0.1, -0.05) is 19.1 Å². The third kappa shape index (κ3) is 7.28. The molecule has 0 atom stereocenters. The Hall–Kier alpha value is -0.940. The largest absolute Gasteiger partial charge is 0.377 e. The number of hydrogen-bond donors (Lipinski definition) is 0. The van der Waals surface area contributed by atoms with Crippen molar-refractivity contribution in [3.63, 3.8) is 0 Å². The van der Waals surface area contributed by atoms with Gasteiger partial charge in [0.05, 0.1) is 24.9 Å². The Kier molecular flexibility index (Phi) is 7.02. The van der Waals surface area contributed by atoms with Crippen LogP contribution < -0.4 is 0 Å². The predicted octanol–water partition coefficient (Wildman–Crippen LogP) is 2.18. The highest BCUT2D eigenvalue weighted by molar-refractivity contribution is 4.91. The zero-order valence-electron chi connectivity index (χ0n) is 13.0. The van der Waals surface area contributed by atoms with Crippen LogP contribution in [0.4, 0.5) is 0 Å². The number of aromatic nitrogens is 3. The average molecular weight is 268 g/mol. The van der Waals surface area contributed by atoms with Crippen LogP contribution >= 0.6 is 0 Å². The van der Waals surface area contributed by atoms with Crippen LogP contribution in [-0.2, 0) is 17.8 Å². The first kappa shape index (κ1) is 16.1.